The fraction of sp³-hybridized carbons (Fsp3) is 0.480. The van der Waals surface area contributed by atoms with Gasteiger partial charge in [-0.2, -0.15) is 0 Å². The molecule has 1 aromatic heterocycles. The molecule has 1 aliphatic heterocycles. The lowest BCUT2D eigenvalue weighted by Gasteiger charge is -2.37. The summed E-state index contributed by atoms with van der Waals surface area (Å²) < 4.78 is 0. The molecule has 192 valence electrons. The maximum atomic E-state index is 12.6. The molecule has 1 aliphatic carbocycles. The number of carbonyl (C=O) groups is 3. The molecule has 1 aromatic carbocycles. The van der Waals surface area contributed by atoms with Gasteiger partial charge in [0.15, 0.2) is 17.3 Å². The Morgan fingerprint density at radius 3 is 2.33 bits per heavy atom. The van der Waals surface area contributed by atoms with Gasteiger partial charge in [-0.15, -0.1) is 0 Å². The zero-order valence-corrected chi connectivity index (χ0v) is 21.2. The summed E-state index contributed by atoms with van der Waals surface area (Å²) in [6, 6.07) is 7.38. The second-order valence-electron chi connectivity index (χ2n) is 9.82. The summed E-state index contributed by atoms with van der Waals surface area (Å²) in [5, 5.41) is 6.18. The molecule has 36 heavy (non-hydrogen) atoms. The predicted molar refractivity (Wildman–Crippen MR) is 137 cm³/mol. The van der Waals surface area contributed by atoms with E-state index in [0.29, 0.717) is 18.1 Å². The average molecular weight is 495 g/mol. The van der Waals surface area contributed by atoms with Crippen molar-refractivity contribution in [1.29, 1.82) is 0 Å². The van der Waals surface area contributed by atoms with E-state index in [1.54, 1.807) is 33.1 Å². The quantitative estimate of drug-likeness (QED) is 0.536. The number of nitrogens with one attached hydrogen (secondary N) is 2. The molecule has 4 rings (SSSR count). The van der Waals surface area contributed by atoms with Crippen molar-refractivity contribution < 1.29 is 14.4 Å². The molecule has 4 amide bonds. The number of rotatable bonds is 7. The van der Waals surface area contributed by atoms with Crippen LogP contribution >= 0.6 is 0 Å². The molecule has 2 heterocycles. The number of hydrogen-bond donors (Lipinski definition) is 3. The van der Waals surface area contributed by atoms with Crippen molar-refractivity contribution in [2.24, 2.45) is 5.73 Å². The lowest BCUT2D eigenvalue weighted by molar-refractivity contribution is -0.131. The summed E-state index contributed by atoms with van der Waals surface area (Å²) in [5.41, 5.74) is 6.81. The van der Waals surface area contributed by atoms with Crippen LogP contribution in [0.3, 0.4) is 0 Å². The number of amides is 4. The molecule has 1 saturated heterocycles. The van der Waals surface area contributed by atoms with Crippen LogP contribution in [0.2, 0.25) is 0 Å². The van der Waals surface area contributed by atoms with Crippen LogP contribution in [-0.2, 0) is 10.2 Å². The maximum Gasteiger partial charge on any atom is 0.318 e. The lowest BCUT2D eigenvalue weighted by Crippen LogP contribution is -2.53. The van der Waals surface area contributed by atoms with Crippen LogP contribution in [0.25, 0.3) is 0 Å². The van der Waals surface area contributed by atoms with E-state index in [4.69, 9.17) is 5.73 Å². The first-order valence-electron chi connectivity index (χ1n) is 12.1. The minimum Gasteiger partial charge on any atom is -0.364 e. The number of primary amides is 1. The molecule has 4 N–H and O–H groups in total. The van der Waals surface area contributed by atoms with Crippen molar-refractivity contribution >= 4 is 35.2 Å². The van der Waals surface area contributed by atoms with Gasteiger partial charge in [0.05, 0.1) is 11.6 Å². The molecule has 0 unspecified atom stereocenters. The highest BCUT2D eigenvalue weighted by Crippen LogP contribution is 2.49. The van der Waals surface area contributed by atoms with E-state index in [0.717, 1.165) is 37.7 Å². The summed E-state index contributed by atoms with van der Waals surface area (Å²) >= 11 is 0. The minimum absolute atomic E-state index is 0.0233. The zero-order valence-electron chi connectivity index (χ0n) is 21.2. The van der Waals surface area contributed by atoms with E-state index in [-0.39, 0.29) is 29.6 Å². The number of likely N-dealkylation sites (N-methyl/N-ethyl adjacent to an activating group) is 1. The Hall–Kier alpha value is -3.89. The number of nitrogens with zero attached hydrogens (tertiary/aromatic N) is 5. The molecule has 2 aromatic rings. The Bertz CT molecular complexity index is 1140. The van der Waals surface area contributed by atoms with Crippen molar-refractivity contribution in [3.8, 4) is 0 Å². The normalized spacial score (nSPS) is 18.2. The zero-order chi connectivity index (χ0) is 26.0. The summed E-state index contributed by atoms with van der Waals surface area (Å²) in [6.07, 6.45) is 5.64. The van der Waals surface area contributed by atoms with Crippen LogP contribution in [0.5, 0.6) is 0 Å². The number of benzene rings is 1. The maximum absolute atomic E-state index is 12.6. The number of aromatic nitrogens is 2. The number of nitrogens with two attached hydrogens (primary N) is 1. The lowest BCUT2D eigenvalue weighted by atomic mass is 9.94. The smallest absolute Gasteiger partial charge is 0.318 e. The standard InChI is InChI=1S/C25H34N8O3/c1-31(2)23(35)25(12-13-25)16-8-10-17(11-9-16)28-22-20(21(26)34)27-15-19(29-22)33-14-6-5-7-18(33)30-24(36)32(3)4/h8-11,15,18H,5-7,12-14H2,1-4H3,(H2,26,34)(H,28,29)(H,30,36)/t18-/m1/s1. The van der Waals surface area contributed by atoms with Gasteiger partial charge in [-0.3, -0.25) is 9.59 Å². The van der Waals surface area contributed by atoms with Crippen LogP contribution < -0.4 is 21.3 Å². The summed E-state index contributed by atoms with van der Waals surface area (Å²) in [5.74, 6) is 0.186. The molecule has 0 radical (unpaired) electrons. The third-order valence-electron chi connectivity index (χ3n) is 6.75. The topological polar surface area (TPSA) is 137 Å². The highest BCUT2D eigenvalue weighted by Gasteiger charge is 2.51. The number of carbonyl (C=O) groups excluding carboxylic acids is 3. The predicted octanol–water partition coefficient (Wildman–Crippen LogP) is 2.03. The largest absolute Gasteiger partial charge is 0.364 e. The molecule has 11 heteroatoms. The highest BCUT2D eigenvalue weighted by atomic mass is 16.2. The molecular formula is C25H34N8O3. The van der Waals surface area contributed by atoms with Crippen LogP contribution in [0.1, 0.15) is 48.2 Å². The SMILES string of the molecule is CN(C)C(=O)N[C@H]1CCCCN1c1cnc(C(N)=O)c(Nc2ccc(C3(C(=O)N(C)C)CC3)cc2)n1. The highest BCUT2D eigenvalue weighted by molar-refractivity contribution is 5.96. The molecule has 1 atom stereocenters. The third kappa shape index (κ3) is 5.05. The van der Waals surface area contributed by atoms with Gasteiger partial charge in [0.1, 0.15) is 6.17 Å². The van der Waals surface area contributed by atoms with Gasteiger partial charge in [-0.25, -0.2) is 14.8 Å². The van der Waals surface area contributed by atoms with Gasteiger partial charge in [-0.05, 0) is 49.8 Å². The van der Waals surface area contributed by atoms with E-state index in [1.165, 1.54) is 11.1 Å². The molecule has 0 spiro atoms. The number of piperidine rings is 1. The third-order valence-corrected chi connectivity index (χ3v) is 6.75. The van der Waals surface area contributed by atoms with E-state index >= 15 is 0 Å². The fourth-order valence-corrected chi connectivity index (χ4v) is 4.60. The Balaban J connectivity index is 1.58. The van der Waals surface area contributed by atoms with Crippen molar-refractivity contribution in [3.05, 3.63) is 41.7 Å². The van der Waals surface area contributed by atoms with Crippen LogP contribution in [-0.4, -0.2) is 78.5 Å². The molecule has 2 fully saturated rings. The first-order chi connectivity index (χ1) is 17.1. The molecule has 11 nitrogen and oxygen atoms in total. The molecule has 1 saturated carbocycles. The van der Waals surface area contributed by atoms with Gasteiger partial charge >= 0.3 is 6.03 Å². The number of hydrogen-bond acceptors (Lipinski definition) is 7. The van der Waals surface area contributed by atoms with E-state index in [1.807, 2.05) is 29.2 Å². The minimum atomic E-state index is -0.696. The van der Waals surface area contributed by atoms with Gasteiger partial charge in [0.25, 0.3) is 5.91 Å². The van der Waals surface area contributed by atoms with Gasteiger partial charge in [-0.1, -0.05) is 12.1 Å². The van der Waals surface area contributed by atoms with Gasteiger partial charge in [0, 0.05) is 40.4 Å². The number of anilines is 3. The van der Waals surface area contributed by atoms with Crippen LogP contribution in [0, 0.1) is 0 Å². The van der Waals surface area contributed by atoms with Crippen molar-refractivity contribution in [3.63, 3.8) is 0 Å². The Morgan fingerprint density at radius 2 is 1.75 bits per heavy atom. The molecular weight excluding hydrogens is 460 g/mol. The van der Waals surface area contributed by atoms with Crippen molar-refractivity contribution in [2.45, 2.75) is 43.7 Å². The van der Waals surface area contributed by atoms with E-state index in [9.17, 15) is 14.4 Å². The second-order valence-corrected chi connectivity index (χ2v) is 9.82. The van der Waals surface area contributed by atoms with Gasteiger partial charge < -0.3 is 31.1 Å². The van der Waals surface area contributed by atoms with Crippen LogP contribution in [0.4, 0.5) is 22.1 Å². The molecule has 0 bridgehead atoms. The summed E-state index contributed by atoms with van der Waals surface area (Å²) in [7, 11) is 6.93. The Morgan fingerprint density at radius 1 is 1.06 bits per heavy atom. The second kappa shape index (κ2) is 10.00. The van der Waals surface area contributed by atoms with E-state index < -0.39 is 11.3 Å². The first-order valence-corrected chi connectivity index (χ1v) is 12.1. The summed E-state index contributed by atoms with van der Waals surface area (Å²) in [4.78, 5) is 51.1. The Labute approximate surface area is 211 Å². The van der Waals surface area contributed by atoms with Gasteiger partial charge in [0.2, 0.25) is 5.91 Å². The van der Waals surface area contributed by atoms with Crippen LogP contribution in [0.15, 0.2) is 30.5 Å². The monoisotopic (exact) mass is 494 g/mol. The van der Waals surface area contributed by atoms with Crippen molar-refractivity contribution in [2.75, 3.05) is 45.0 Å². The molecule has 2 aliphatic rings. The Kier molecular flexibility index (Phi) is 7.00. The number of urea groups is 1. The first kappa shape index (κ1) is 25.2. The average Bonchev–Trinajstić information content (AvgIpc) is 3.66. The fourth-order valence-electron chi connectivity index (χ4n) is 4.60. The van der Waals surface area contributed by atoms with E-state index in [2.05, 4.69) is 20.6 Å². The van der Waals surface area contributed by atoms with Crippen molar-refractivity contribution in [1.82, 2.24) is 25.1 Å². The summed E-state index contributed by atoms with van der Waals surface area (Å²) in [6.45, 7) is 0.694.